The maximum absolute atomic E-state index is 6.14. The second-order valence-electron chi connectivity index (χ2n) is 3.72. The molecule has 0 saturated heterocycles. The number of nitrogens with zero attached hydrogens (tertiary/aromatic N) is 3. The van der Waals surface area contributed by atoms with Gasteiger partial charge in [0.05, 0.1) is 16.2 Å². The number of nitrogens with two attached hydrogens (primary N) is 1. The molecule has 3 aromatic rings. The lowest BCUT2D eigenvalue weighted by Crippen LogP contribution is -1.96. The Morgan fingerprint density at radius 3 is 2.88 bits per heavy atom. The molecule has 2 heterocycles. The average molecular weight is 245 g/mol. The minimum absolute atomic E-state index is 0.575. The van der Waals surface area contributed by atoms with Gasteiger partial charge in [-0.1, -0.05) is 11.6 Å². The lowest BCUT2D eigenvalue weighted by atomic mass is 10.3. The van der Waals surface area contributed by atoms with Gasteiger partial charge in [0.1, 0.15) is 0 Å². The third kappa shape index (κ3) is 1.72. The van der Waals surface area contributed by atoms with Crippen molar-refractivity contribution < 1.29 is 0 Å². The summed E-state index contributed by atoms with van der Waals surface area (Å²) in [5, 5.41) is 5.97. The fourth-order valence-electron chi connectivity index (χ4n) is 1.70. The van der Waals surface area contributed by atoms with E-state index in [9.17, 15) is 0 Å². The van der Waals surface area contributed by atoms with Crippen LogP contribution in [0.15, 0.2) is 42.9 Å². The number of rotatable bonds is 1. The third-order valence-electron chi connectivity index (χ3n) is 2.52. The standard InChI is InChI=1S/C12H9ClN4/c13-10-5-9(14)1-2-12(10)17-7-8-6-15-4-3-11(8)16-17/h1-7H,14H2. The average Bonchev–Trinajstić information content (AvgIpc) is 2.72. The second kappa shape index (κ2) is 3.75. The molecule has 84 valence electrons. The van der Waals surface area contributed by atoms with Crippen molar-refractivity contribution in [3.63, 3.8) is 0 Å². The Morgan fingerprint density at radius 1 is 1.24 bits per heavy atom. The zero-order valence-electron chi connectivity index (χ0n) is 8.84. The number of benzene rings is 1. The van der Waals surface area contributed by atoms with Crippen molar-refractivity contribution in [2.45, 2.75) is 0 Å². The summed E-state index contributed by atoms with van der Waals surface area (Å²) in [5.74, 6) is 0. The third-order valence-corrected chi connectivity index (χ3v) is 2.83. The molecule has 0 spiro atoms. The zero-order valence-corrected chi connectivity index (χ0v) is 9.59. The van der Waals surface area contributed by atoms with Crippen molar-refractivity contribution in [3.8, 4) is 5.69 Å². The molecule has 0 radical (unpaired) electrons. The number of nitrogen functional groups attached to an aromatic ring is 1. The van der Waals surface area contributed by atoms with E-state index in [1.54, 1.807) is 29.2 Å². The molecule has 0 amide bonds. The summed E-state index contributed by atoms with van der Waals surface area (Å²) in [6, 6.07) is 7.21. The molecule has 0 bridgehead atoms. The molecular formula is C12H9ClN4. The predicted molar refractivity (Wildman–Crippen MR) is 68.3 cm³/mol. The van der Waals surface area contributed by atoms with E-state index in [0.717, 1.165) is 16.6 Å². The highest BCUT2D eigenvalue weighted by Crippen LogP contribution is 2.24. The summed E-state index contributed by atoms with van der Waals surface area (Å²) in [7, 11) is 0. The van der Waals surface area contributed by atoms with Gasteiger partial charge in [-0.2, -0.15) is 5.10 Å². The molecule has 2 N–H and O–H groups in total. The van der Waals surface area contributed by atoms with Crippen LogP contribution in [0.3, 0.4) is 0 Å². The van der Waals surface area contributed by atoms with E-state index in [0.29, 0.717) is 10.7 Å². The fourth-order valence-corrected chi connectivity index (χ4v) is 1.97. The van der Waals surface area contributed by atoms with E-state index < -0.39 is 0 Å². The summed E-state index contributed by atoms with van der Waals surface area (Å²) in [6.45, 7) is 0. The summed E-state index contributed by atoms with van der Waals surface area (Å²) < 4.78 is 1.73. The van der Waals surface area contributed by atoms with Crippen LogP contribution < -0.4 is 5.73 Å². The Labute approximate surface area is 103 Å². The molecule has 0 atom stereocenters. The highest BCUT2D eigenvalue weighted by atomic mass is 35.5. The molecule has 0 aliphatic heterocycles. The van der Waals surface area contributed by atoms with Gasteiger partial charge >= 0.3 is 0 Å². The van der Waals surface area contributed by atoms with Crippen molar-refractivity contribution in [1.29, 1.82) is 0 Å². The molecule has 0 saturated carbocycles. The van der Waals surface area contributed by atoms with Crippen molar-refractivity contribution >= 4 is 28.2 Å². The van der Waals surface area contributed by atoms with Crippen LogP contribution in [-0.4, -0.2) is 14.8 Å². The lowest BCUT2D eigenvalue weighted by molar-refractivity contribution is 0.897. The van der Waals surface area contributed by atoms with Crippen LogP contribution in [0.2, 0.25) is 5.02 Å². The fraction of sp³-hybridized carbons (Fsp3) is 0. The van der Waals surface area contributed by atoms with Crippen molar-refractivity contribution in [2.75, 3.05) is 5.73 Å². The van der Waals surface area contributed by atoms with Gasteiger partial charge < -0.3 is 5.73 Å². The van der Waals surface area contributed by atoms with E-state index in [-0.39, 0.29) is 0 Å². The molecule has 0 fully saturated rings. The van der Waals surface area contributed by atoms with Crippen LogP contribution in [0, 0.1) is 0 Å². The van der Waals surface area contributed by atoms with Gasteiger partial charge in [-0.25, -0.2) is 4.68 Å². The Balaban J connectivity index is 2.20. The number of hydrogen-bond acceptors (Lipinski definition) is 3. The largest absolute Gasteiger partial charge is 0.399 e. The van der Waals surface area contributed by atoms with Gasteiger partial charge in [0.25, 0.3) is 0 Å². The maximum atomic E-state index is 6.14. The Morgan fingerprint density at radius 2 is 2.12 bits per heavy atom. The molecular weight excluding hydrogens is 236 g/mol. The van der Waals surface area contributed by atoms with Gasteiger partial charge in [-0.15, -0.1) is 0 Å². The highest BCUT2D eigenvalue weighted by Gasteiger charge is 2.06. The van der Waals surface area contributed by atoms with E-state index in [4.69, 9.17) is 17.3 Å². The van der Waals surface area contributed by atoms with Crippen LogP contribution >= 0.6 is 11.6 Å². The topological polar surface area (TPSA) is 56.7 Å². The minimum Gasteiger partial charge on any atom is -0.399 e. The first-order valence-corrected chi connectivity index (χ1v) is 5.46. The van der Waals surface area contributed by atoms with Crippen molar-refractivity contribution in [3.05, 3.63) is 47.9 Å². The van der Waals surface area contributed by atoms with Gasteiger partial charge in [-0.05, 0) is 24.3 Å². The van der Waals surface area contributed by atoms with E-state index in [2.05, 4.69) is 10.1 Å². The van der Waals surface area contributed by atoms with Crippen LogP contribution in [0.1, 0.15) is 0 Å². The number of aromatic nitrogens is 3. The molecule has 0 aliphatic rings. The molecule has 2 aromatic heterocycles. The van der Waals surface area contributed by atoms with E-state index >= 15 is 0 Å². The Kier molecular flexibility index (Phi) is 2.23. The number of halogens is 1. The smallest absolute Gasteiger partial charge is 0.0958 e. The normalized spacial score (nSPS) is 10.9. The summed E-state index contributed by atoms with van der Waals surface area (Å²) in [4.78, 5) is 4.05. The minimum atomic E-state index is 0.575. The first-order chi connectivity index (χ1) is 8.24. The maximum Gasteiger partial charge on any atom is 0.0958 e. The Bertz CT molecular complexity index is 657. The molecule has 3 rings (SSSR count). The van der Waals surface area contributed by atoms with Crippen LogP contribution in [0.25, 0.3) is 16.6 Å². The van der Waals surface area contributed by atoms with E-state index in [1.165, 1.54) is 0 Å². The van der Waals surface area contributed by atoms with Gasteiger partial charge in [0, 0.05) is 29.7 Å². The van der Waals surface area contributed by atoms with E-state index in [1.807, 2.05) is 18.3 Å². The van der Waals surface area contributed by atoms with Crippen molar-refractivity contribution in [1.82, 2.24) is 14.8 Å². The first kappa shape index (κ1) is 10.1. The second-order valence-corrected chi connectivity index (χ2v) is 4.13. The number of pyridine rings is 1. The molecule has 5 heteroatoms. The number of hydrogen-bond donors (Lipinski definition) is 1. The molecule has 17 heavy (non-hydrogen) atoms. The summed E-state index contributed by atoms with van der Waals surface area (Å²) in [5.41, 5.74) is 7.98. The molecule has 1 aromatic carbocycles. The number of anilines is 1. The molecule has 4 nitrogen and oxygen atoms in total. The number of fused-ring (bicyclic) bond motifs is 1. The summed E-state index contributed by atoms with van der Waals surface area (Å²) in [6.07, 6.45) is 5.37. The van der Waals surface area contributed by atoms with Gasteiger partial charge in [-0.3, -0.25) is 4.98 Å². The van der Waals surface area contributed by atoms with Gasteiger partial charge in [0.2, 0.25) is 0 Å². The van der Waals surface area contributed by atoms with Crippen LogP contribution in [0.5, 0.6) is 0 Å². The van der Waals surface area contributed by atoms with Crippen LogP contribution in [-0.2, 0) is 0 Å². The van der Waals surface area contributed by atoms with Crippen LogP contribution in [0.4, 0.5) is 5.69 Å². The first-order valence-electron chi connectivity index (χ1n) is 5.09. The molecule has 0 aliphatic carbocycles. The molecule has 0 unspecified atom stereocenters. The quantitative estimate of drug-likeness (QED) is 0.670. The van der Waals surface area contributed by atoms with Gasteiger partial charge in [0.15, 0.2) is 0 Å². The predicted octanol–water partition coefficient (Wildman–Crippen LogP) is 2.66. The Hall–Kier alpha value is -2.07. The zero-order chi connectivity index (χ0) is 11.8. The van der Waals surface area contributed by atoms with Crippen molar-refractivity contribution in [2.24, 2.45) is 0 Å². The lowest BCUT2D eigenvalue weighted by Gasteiger charge is -2.04. The highest BCUT2D eigenvalue weighted by molar-refractivity contribution is 6.32. The monoisotopic (exact) mass is 244 g/mol. The summed E-state index contributed by atoms with van der Waals surface area (Å²) >= 11 is 6.14. The SMILES string of the molecule is Nc1ccc(-n2cc3cnccc3n2)c(Cl)c1.